The van der Waals surface area contributed by atoms with Crippen molar-refractivity contribution in [1.29, 1.82) is 0 Å². The van der Waals surface area contributed by atoms with Crippen molar-refractivity contribution in [3.8, 4) is 5.75 Å². The highest BCUT2D eigenvalue weighted by molar-refractivity contribution is 6.31. The quantitative estimate of drug-likeness (QED) is 0.425. The van der Waals surface area contributed by atoms with Crippen molar-refractivity contribution in [2.75, 3.05) is 14.1 Å². The number of benzene rings is 1. The number of para-hydroxylation sites is 1. The summed E-state index contributed by atoms with van der Waals surface area (Å²) < 4.78 is 6.26. The molecular formula is C27H29ClN4O2. The SMILES string of the molecule is C=C/C=C(/c1cc(C)nc2c(OCc3c(Cl)cncc3CNC(=O)C3CC3)cccc12)N(C)C. The largest absolute Gasteiger partial charge is 0.487 e. The van der Waals surface area contributed by atoms with Crippen molar-refractivity contribution in [2.45, 2.75) is 32.9 Å². The van der Waals surface area contributed by atoms with Crippen molar-refractivity contribution in [1.82, 2.24) is 20.2 Å². The van der Waals surface area contributed by atoms with Gasteiger partial charge >= 0.3 is 0 Å². The number of allylic oxidation sites excluding steroid dienone is 2. The Labute approximate surface area is 205 Å². The van der Waals surface area contributed by atoms with E-state index in [1.54, 1.807) is 18.5 Å². The smallest absolute Gasteiger partial charge is 0.223 e. The van der Waals surface area contributed by atoms with Crippen molar-refractivity contribution in [2.24, 2.45) is 5.92 Å². The first-order chi connectivity index (χ1) is 16.4. The first kappa shape index (κ1) is 23.8. The molecule has 0 radical (unpaired) electrons. The lowest BCUT2D eigenvalue weighted by Gasteiger charge is -2.20. The Balaban J connectivity index is 1.64. The molecule has 4 rings (SSSR count). The molecule has 0 spiro atoms. The lowest BCUT2D eigenvalue weighted by molar-refractivity contribution is -0.122. The molecule has 1 aromatic carbocycles. The van der Waals surface area contributed by atoms with Crippen LogP contribution in [0.1, 0.15) is 35.2 Å². The molecule has 0 atom stereocenters. The van der Waals surface area contributed by atoms with E-state index in [0.717, 1.165) is 51.8 Å². The van der Waals surface area contributed by atoms with Gasteiger partial charge in [-0.25, -0.2) is 4.98 Å². The molecule has 176 valence electrons. The van der Waals surface area contributed by atoms with Gasteiger partial charge in [-0.2, -0.15) is 0 Å². The predicted octanol–water partition coefficient (Wildman–Crippen LogP) is 5.29. The van der Waals surface area contributed by atoms with Crippen LogP contribution in [-0.2, 0) is 17.9 Å². The normalized spacial score (nSPS) is 13.6. The third-order valence-electron chi connectivity index (χ3n) is 5.83. The number of pyridine rings is 2. The number of amides is 1. The standard InChI is InChI=1S/C27H29ClN4O2/c1-5-7-24(32(3)4)21-12-17(2)31-26-20(21)8-6-9-25(26)34-16-22-19(13-29-15-23(22)28)14-30-27(33)18-10-11-18/h5-9,12-13,15,18H,1,10-11,14,16H2,2-4H3,(H,30,33)/b24-7-. The van der Waals surface area contributed by atoms with Crippen LogP contribution in [0, 0.1) is 12.8 Å². The second-order valence-electron chi connectivity index (χ2n) is 8.69. The number of rotatable bonds is 9. The van der Waals surface area contributed by atoms with Crippen LogP contribution in [0.4, 0.5) is 0 Å². The number of fused-ring (bicyclic) bond motifs is 1. The number of nitrogens with one attached hydrogen (secondary N) is 1. The highest BCUT2D eigenvalue weighted by Crippen LogP contribution is 2.33. The molecule has 0 saturated heterocycles. The molecule has 0 bridgehead atoms. The van der Waals surface area contributed by atoms with E-state index in [4.69, 9.17) is 21.3 Å². The third kappa shape index (κ3) is 5.23. The molecule has 34 heavy (non-hydrogen) atoms. The van der Waals surface area contributed by atoms with E-state index in [2.05, 4.69) is 27.8 Å². The fourth-order valence-corrected chi connectivity index (χ4v) is 4.14. The van der Waals surface area contributed by atoms with E-state index in [9.17, 15) is 4.79 Å². The molecule has 2 aromatic heterocycles. The number of nitrogens with zero attached hydrogens (tertiary/aromatic N) is 3. The lowest BCUT2D eigenvalue weighted by atomic mass is 10.0. The van der Waals surface area contributed by atoms with Crippen LogP contribution in [-0.4, -0.2) is 34.9 Å². The summed E-state index contributed by atoms with van der Waals surface area (Å²) in [5.74, 6) is 0.894. The van der Waals surface area contributed by atoms with Crippen molar-refractivity contribution in [3.05, 3.63) is 82.8 Å². The van der Waals surface area contributed by atoms with Crippen molar-refractivity contribution < 1.29 is 9.53 Å². The highest BCUT2D eigenvalue weighted by atomic mass is 35.5. The minimum Gasteiger partial charge on any atom is -0.487 e. The van der Waals surface area contributed by atoms with Crippen molar-refractivity contribution >= 4 is 34.1 Å². The maximum absolute atomic E-state index is 12.1. The van der Waals surface area contributed by atoms with Gasteiger partial charge in [0.25, 0.3) is 0 Å². The fourth-order valence-electron chi connectivity index (χ4n) is 3.91. The van der Waals surface area contributed by atoms with Gasteiger partial charge in [0.2, 0.25) is 5.91 Å². The molecule has 0 aliphatic heterocycles. The summed E-state index contributed by atoms with van der Waals surface area (Å²) in [6.45, 7) is 6.44. The maximum Gasteiger partial charge on any atom is 0.223 e. The molecule has 1 amide bonds. The predicted molar refractivity (Wildman–Crippen MR) is 136 cm³/mol. The van der Waals surface area contributed by atoms with Crippen LogP contribution >= 0.6 is 11.6 Å². The molecule has 1 saturated carbocycles. The molecule has 6 nitrogen and oxygen atoms in total. The zero-order chi connectivity index (χ0) is 24.2. The van der Waals surface area contributed by atoms with E-state index in [1.165, 1.54) is 0 Å². The zero-order valence-electron chi connectivity index (χ0n) is 19.8. The zero-order valence-corrected chi connectivity index (χ0v) is 20.5. The monoisotopic (exact) mass is 476 g/mol. The van der Waals surface area contributed by atoms with E-state index in [1.807, 2.05) is 45.3 Å². The Hall–Kier alpha value is -3.38. The number of aromatic nitrogens is 2. The van der Waals surface area contributed by atoms with Crippen LogP contribution < -0.4 is 10.1 Å². The van der Waals surface area contributed by atoms with E-state index >= 15 is 0 Å². The topological polar surface area (TPSA) is 67.4 Å². The average molecular weight is 477 g/mol. The summed E-state index contributed by atoms with van der Waals surface area (Å²) in [6.07, 6.45) is 9.02. The molecule has 0 unspecified atom stereocenters. The second kappa shape index (κ2) is 10.3. The molecule has 1 fully saturated rings. The highest BCUT2D eigenvalue weighted by Gasteiger charge is 2.29. The van der Waals surface area contributed by atoms with Crippen LogP contribution in [0.2, 0.25) is 5.02 Å². The minimum atomic E-state index is 0.0809. The maximum atomic E-state index is 12.1. The Morgan fingerprint density at radius 3 is 2.82 bits per heavy atom. The molecule has 1 aliphatic rings. The van der Waals surface area contributed by atoms with Gasteiger partial charge in [0.05, 0.1) is 5.02 Å². The Kier molecular flexibility index (Phi) is 7.17. The number of hydrogen-bond donors (Lipinski definition) is 1. The van der Waals surface area contributed by atoms with Gasteiger partial charge in [0.15, 0.2) is 0 Å². The van der Waals surface area contributed by atoms with Gasteiger partial charge in [0.1, 0.15) is 17.9 Å². The number of halogens is 1. The number of ether oxygens (including phenoxy) is 1. The summed E-state index contributed by atoms with van der Waals surface area (Å²) in [6, 6.07) is 7.99. The molecule has 3 aromatic rings. The summed E-state index contributed by atoms with van der Waals surface area (Å²) >= 11 is 6.47. The number of carbonyl (C=O) groups is 1. The first-order valence-electron chi connectivity index (χ1n) is 11.3. The summed E-state index contributed by atoms with van der Waals surface area (Å²) in [5.41, 5.74) is 5.41. The Morgan fingerprint density at radius 1 is 1.32 bits per heavy atom. The van der Waals surface area contributed by atoms with Crippen molar-refractivity contribution in [3.63, 3.8) is 0 Å². The first-order valence-corrected chi connectivity index (χ1v) is 11.7. The van der Waals surface area contributed by atoms with Gasteiger partial charge in [-0.1, -0.05) is 36.4 Å². The number of hydrogen-bond acceptors (Lipinski definition) is 5. The van der Waals surface area contributed by atoms with Crippen LogP contribution in [0.5, 0.6) is 5.75 Å². The van der Waals surface area contributed by atoms with Crippen LogP contribution in [0.25, 0.3) is 16.6 Å². The lowest BCUT2D eigenvalue weighted by Crippen LogP contribution is -2.25. The van der Waals surface area contributed by atoms with Gasteiger partial charge in [-0.15, -0.1) is 0 Å². The third-order valence-corrected chi connectivity index (χ3v) is 6.16. The molecule has 1 N–H and O–H groups in total. The average Bonchev–Trinajstić information content (AvgIpc) is 3.65. The second-order valence-corrected chi connectivity index (χ2v) is 9.09. The molecule has 1 aliphatic carbocycles. The van der Waals surface area contributed by atoms with Gasteiger partial charge in [-0.3, -0.25) is 9.78 Å². The van der Waals surface area contributed by atoms with E-state index in [0.29, 0.717) is 17.3 Å². The van der Waals surface area contributed by atoms with Gasteiger partial charge in [0, 0.05) is 66.9 Å². The fraction of sp³-hybridized carbons (Fsp3) is 0.296. The van der Waals surface area contributed by atoms with E-state index in [-0.39, 0.29) is 18.4 Å². The van der Waals surface area contributed by atoms with Crippen LogP contribution in [0.3, 0.4) is 0 Å². The molecule has 7 heteroatoms. The Morgan fingerprint density at radius 2 is 2.12 bits per heavy atom. The summed E-state index contributed by atoms with van der Waals surface area (Å²) in [4.78, 5) is 23.1. The summed E-state index contributed by atoms with van der Waals surface area (Å²) in [5, 5.41) is 4.48. The molecule has 2 heterocycles. The minimum absolute atomic E-state index is 0.0809. The summed E-state index contributed by atoms with van der Waals surface area (Å²) in [7, 11) is 4.01. The van der Waals surface area contributed by atoms with E-state index < -0.39 is 0 Å². The molecular weight excluding hydrogens is 448 g/mol. The van der Waals surface area contributed by atoms with Gasteiger partial charge in [-0.05, 0) is 43.5 Å². The Bertz CT molecular complexity index is 1260. The number of aryl methyl sites for hydroxylation is 1. The van der Waals surface area contributed by atoms with Gasteiger partial charge < -0.3 is 15.0 Å². The van der Waals surface area contributed by atoms with Crippen LogP contribution in [0.15, 0.2) is 55.4 Å². The number of carbonyl (C=O) groups excluding carboxylic acids is 1.